The second-order valence-electron chi connectivity index (χ2n) is 21.9. The van der Waals surface area contributed by atoms with Crippen LogP contribution in [0.5, 0.6) is 0 Å². The number of likely N-dealkylation sites (N-methyl/N-ethyl adjacent to an activating group) is 1. The highest BCUT2D eigenvalue weighted by molar-refractivity contribution is 7.47. The maximum atomic E-state index is 13.5. The number of amides is 1. The van der Waals surface area contributed by atoms with Crippen molar-refractivity contribution in [2.45, 2.75) is 264 Å². The molecule has 0 bridgehead atoms. The number of hydrogen-bond donors (Lipinski definition) is 2. The molecule has 0 aliphatic rings. The fourth-order valence-electron chi connectivity index (χ4n) is 8.50. The van der Waals surface area contributed by atoms with E-state index in [9.17, 15) is 19.0 Å². The molecule has 3 unspecified atom stereocenters. The molecule has 0 radical (unpaired) electrons. The van der Waals surface area contributed by atoms with Gasteiger partial charge in [-0.2, -0.15) is 0 Å². The molecule has 0 aliphatic carbocycles. The molecule has 0 heterocycles. The predicted molar refractivity (Wildman–Crippen MR) is 332 cm³/mol. The maximum absolute atomic E-state index is 13.5. The van der Waals surface area contributed by atoms with E-state index in [1.165, 1.54) is 103 Å². The first-order chi connectivity index (χ1) is 37.4. The molecule has 0 aromatic heterocycles. The third kappa shape index (κ3) is 57.2. The minimum absolute atomic E-state index is 0.0306. The van der Waals surface area contributed by atoms with Crippen LogP contribution < -0.4 is 5.32 Å². The summed E-state index contributed by atoms with van der Waals surface area (Å²) in [5, 5.41) is 3.03. The zero-order valence-electron chi connectivity index (χ0n) is 50.4. The highest BCUT2D eigenvalue weighted by Gasteiger charge is 2.30. The van der Waals surface area contributed by atoms with Crippen LogP contribution >= 0.6 is 7.82 Å². The van der Waals surface area contributed by atoms with Crippen LogP contribution in [0.15, 0.2) is 109 Å². The summed E-state index contributed by atoms with van der Waals surface area (Å²) in [5.74, 6) is -0.538. The minimum atomic E-state index is -4.46. The number of esters is 1. The molecule has 1 amide bonds. The molecule has 10 heteroatoms. The number of ether oxygens (including phenoxy) is 1. The molecule has 0 fully saturated rings. The lowest BCUT2D eigenvalue weighted by Gasteiger charge is -2.27. The molecule has 0 aromatic rings. The number of phosphoric acid groups is 1. The quantitative estimate of drug-likeness (QED) is 0.0156. The fourth-order valence-corrected chi connectivity index (χ4v) is 9.23. The van der Waals surface area contributed by atoms with Crippen LogP contribution in [0, 0.1) is 0 Å². The monoisotopic (exact) mass is 1090 g/mol. The Balaban J connectivity index is 5.07. The average Bonchev–Trinajstić information content (AvgIpc) is 3.39. The number of unbranched alkanes of at least 4 members (excludes halogenated alkanes) is 25. The molecule has 0 aliphatic heterocycles. The Bertz CT molecular complexity index is 1690. The van der Waals surface area contributed by atoms with Crippen LogP contribution in [0.3, 0.4) is 0 Å². The van der Waals surface area contributed by atoms with Gasteiger partial charge in [0, 0.05) is 12.8 Å². The van der Waals surface area contributed by atoms with Crippen molar-refractivity contribution in [2.75, 3.05) is 40.9 Å². The summed E-state index contributed by atoms with van der Waals surface area (Å²) in [6, 6.07) is -0.865. The number of carbonyl (C=O) groups is 2. The second-order valence-corrected chi connectivity index (χ2v) is 23.3. The van der Waals surface area contributed by atoms with Gasteiger partial charge in [-0.05, 0) is 96.0 Å². The number of hydrogen-bond acceptors (Lipinski definition) is 6. The van der Waals surface area contributed by atoms with Crippen LogP contribution in [0.1, 0.15) is 252 Å². The van der Waals surface area contributed by atoms with Gasteiger partial charge < -0.3 is 19.4 Å². The first-order valence-corrected chi connectivity index (χ1v) is 32.7. The molecular formula is C67H118N2O7P+. The number of quaternary nitrogens is 1. The Morgan fingerprint density at radius 2 is 0.896 bits per heavy atom. The van der Waals surface area contributed by atoms with Crippen LogP contribution in [0.2, 0.25) is 0 Å². The summed E-state index contributed by atoms with van der Waals surface area (Å²) in [4.78, 5) is 37.6. The van der Waals surface area contributed by atoms with Gasteiger partial charge in [0.1, 0.15) is 19.3 Å². The van der Waals surface area contributed by atoms with Gasteiger partial charge in [-0.15, -0.1) is 0 Å². The van der Waals surface area contributed by atoms with Crippen LogP contribution in [0.25, 0.3) is 0 Å². The normalized spacial score (nSPS) is 14.4. The lowest BCUT2D eigenvalue weighted by Crippen LogP contribution is -2.47. The summed E-state index contributed by atoms with van der Waals surface area (Å²) < 4.78 is 30.6. The van der Waals surface area contributed by atoms with Crippen molar-refractivity contribution in [3.8, 4) is 0 Å². The van der Waals surface area contributed by atoms with Crippen molar-refractivity contribution < 1.29 is 37.3 Å². The van der Waals surface area contributed by atoms with Crippen molar-refractivity contribution >= 4 is 19.7 Å². The summed E-state index contributed by atoms with van der Waals surface area (Å²) >= 11 is 0. The molecule has 2 N–H and O–H groups in total. The van der Waals surface area contributed by atoms with E-state index in [0.29, 0.717) is 17.4 Å². The van der Waals surface area contributed by atoms with Gasteiger partial charge in [0.05, 0.1) is 33.8 Å². The Kier molecular flexibility index (Phi) is 53.5. The highest BCUT2D eigenvalue weighted by Crippen LogP contribution is 2.43. The lowest BCUT2D eigenvalue weighted by molar-refractivity contribution is -0.870. The molecule has 0 rings (SSSR count). The predicted octanol–water partition coefficient (Wildman–Crippen LogP) is 19.3. The van der Waals surface area contributed by atoms with E-state index in [2.05, 4.69) is 123 Å². The van der Waals surface area contributed by atoms with Gasteiger partial charge in [-0.3, -0.25) is 18.6 Å². The van der Waals surface area contributed by atoms with Crippen molar-refractivity contribution in [1.82, 2.24) is 5.32 Å². The number of nitrogens with zero attached hydrogens (tertiary/aromatic N) is 1. The van der Waals surface area contributed by atoms with E-state index in [-0.39, 0.29) is 31.5 Å². The van der Waals surface area contributed by atoms with Gasteiger partial charge in [-0.1, -0.05) is 252 Å². The Morgan fingerprint density at radius 3 is 1.39 bits per heavy atom. The number of rotatable bonds is 55. The molecule has 77 heavy (non-hydrogen) atoms. The molecule has 0 aromatic carbocycles. The van der Waals surface area contributed by atoms with Crippen molar-refractivity contribution in [3.05, 3.63) is 109 Å². The largest absolute Gasteiger partial charge is 0.472 e. The molecule has 0 spiro atoms. The smallest absolute Gasteiger partial charge is 0.456 e. The molecular weight excluding hydrogens is 976 g/mol. The molecule has 0 saturated heterocycles. The van der Waals surface area contributed by atoms with E-state index in [0.717, 1.165) is 116 Å². The van der Waals surface area contributed by atoms with E-state index < -0.39 is 20.0 Å². The standard InChI is InChI=1S/C67H117N2O7P/c1-7-10-13-16-19-22-25-27-28-29-30-31-32-33-34-35-36-37-38-39-40-42-45-48-51-54-57-60-67(71)76-65(58-55-52-49-46-43-24-21-18-15-12-9-3)64(63-75-77(72,73)74-62-61-69(4,5)6)68-66(70)59-56-53-50-47-44-41-26-23-20-17-14-11-8-2/h10-11,13-14,17,19-20,22-23,26-28,30-31,33-34,55,58,64-65H,7-9,12,15-16,18,21,24-25,29,32,35-54,56-57,59-63H2,1-6H3,(H-,68,70,72,73)/p+1/b13-10-,14-11+,20-17+,22-19-,26-23-,28-27-,31-30-,34-33-,58-55-. The number of nitrogens with one attached hydrogen (secondary N) is 1. The van der Waals surface area contributed by atoms with Gasteiger partial charge in [0.15, 0.2) is 0 Å². The van der Waals surface area contributed by atoms with Crippen LogP contribution in [0.4, 0.5) is 0 Å². The summed E-state index contributed by atoms with van der Waals surface area (Å²) in [5.41, 5.74) is 0. The third-order valence-corrected chi connectivity index (χ3v) is 14.3. The molecule has 3 atom stereocenters. The van der Waals surface area contributed by atoms with Crippen LogP contribution in [-0.4, -0.2) is 74.3 Å². The zero-order chi connectivity index (χ0) is 56.4. The van der Waals surface area contributed by atoms with Crippen LogP contribution in [-0.2, 0) is 27.9 Å². The van der Waals surface area contributed by atoms with Crippen molar-refractivity contribution in [1.29, 1.82) is 0 Å². The first kappa shape index (κ1) is 73.7. The second kappa shape index (κ2) is 56.0. The number of allylic oxidation sites excluding steroid dienone is 17. The van der Waals surface area contributed by atoms with Crippen molar-refractivity contribution in [2.24, 2.45) is 0 Å². The average molecular weight is 1090 g/mol. The van der Waals surface area contributed by atoms with Crippen molar-refractivity contribution in [3.63, 3.8) is 0 Å². The van der Waals surface area contributed by atoms with Gasteiger partial charge >= 0.3 is 13.8 Å². The van der Waals surface area contributed by atoms with E-state index in [1.807, 2.05) is 33.3 Å². The Morgan fingerprint density at radius 1 is 0.481 bits per heavy atom. The number of phosphoric ester groups is 1. The topological polar surface area (TPSA) is 111 Å². The summed E-state index contributed by atoms with van der Waals surface area (Å²) in [6.07, 6.45) is 76.7. The maximum Gasteiger partial charge on any atom is 0.472 e. The van der Waals surface area contributed by atoms with E-state index in [4.69, 9.17) is 13.8 Å². The fraction of sp³-hybridized carbons (Fsp3) is 0.701. The van der Waals surface area contributed by atoms with Gasteiger partial charge in [0.2, 0.25) is 5.91 Å². The SMILES string of the molecule is CC/C=C\C/C=C\C/C=C\C/C=C\C/C=C\CCCCCCCCCCCCCC(=O)OC(/C=C\CCCCCCCCCCC)C(COP(=O)(O)OCC[N+](C)(C)C)NC(=O)CCCCCCC\C=C/C=C/C=C/CC. The van der Waals surface area contributed by atoms with Gasteiger partial charge in [0.25, 0.3) is 0 Å². The highest BCUT2D eigenvalue weighted by atomic mass is 31.2. The van der Waals surface area contributed by atoms with E-state index in [1.54, 1.807) is 0 Å². The molecule has 442 valence electrons. The summed E-state index contributed by atoms with van der Waals surface area (Å²) in [7, 11) is 1.47. The summed E-state index contributed by atoms with van der Waals surface area (Å²) in [6.45, 7) is 6.73. The zero-order valence-corrected chi connectivity index (χ0v) is 51.3. The molecule has 0 saturated carbocycles. The first-order valence-electron chi connectivity index (χ1n) is 31.2. The third-order valence-electron chi connectivity index (χ3n) is 13.3. The van der Waals surface area contributed by atoms with E-state index >= 15 is 0 Å². The minimum Gasteiger partial charge on any atom is -0.456 e. The van der Waals surface area contributed by atoms with Gasteiger partial charge in [-0.25, -0.2) is 4.57 Å². The Hall–Kier alpha value is -3.33. The Labute approximate surface area is 474 Å². The lowest BCUT2D eigenvalue weighted by atomic mass is 10.0. The number of carbonyl (C=O) groups excluding carboxylic acids is 2. The molecule has 9 nitrogen and oxygen atoms in total.